The van der Waals surface area contributed by atoms with Gasteiger partial charge < -0.3 is 9.90 Å². The highest BCUT2D eigenvalue weighted by atomic mass is 28.2. The summed E-state index contributed by atoms with van der Waals surface area (Å²) in [7, 11) is 0.899. The molecule has 0 aromatic heterocycles. The molecule has 0 heterocycles. The minimum Gasteiger partial charge on any atom is -0.428 e. The maximum absolute atomic E-state index is 4.83. The van der Waals surface area contributed by atoms with E-state index in [4.69, 9.17) is 4.43 Å². The van der Waals surface area contributed by atoms with Crippen LogP contribution in [0.3, 0.4) is 0 Å². The molecule has 0 amide bonds. The summed E-state index contributed by atoms with van der Waals surface area (Å²) in [4.78, 5) is 0. The molecule has 0 bridgehead atoms. The summed E-state index contributed by atoms with van der Waals surface area (Å²) in [6.45, 7) is 3.06. The van der Waals surface area contributed by atoms with Crippen molar-refractivity contribution >= 4 is 10.5 Å². The lowest BCUT2D eigenvalue weighted by molar-refractivity contribution is 0.349. The Balaban J connectivity index is 0. The van der Waals surface area contributed by atoms with Gasteiger partial charge in [-0.2, -0.15) is 0 Å². The Labute approximate surface area is 41.4 Å². The molecule has 0 atom stereocenters. The van der Waals surface area contributed by atoms with Crippen molar-refractivity contribution in [1.82, 2.24) is 0 Å². The molecule has 0 saturated carbocycles. The monoisotopic (exact) mass is 108 g/mol. The topological polar surface area (TPSA) is 40.7 Å². The van der Waals surface area contributed by atoms with Crippen LogP contribution in [0.1, 0.15) is 13.3 Å². The number of hydrogen-bond donors (Lipinski definition) is 0. The molecular formula is C3H12O2Si. The van der Waals surface area contributed by atoms with Crippen LogP contribution in [0.15, 0.2) is 0 Å². The highest BCUT2D eigenvalue weighted by Gasteiger charge is 1.65. The number of hydrogen-bond acceptors (Lipinski definition) is 1. The summed E-state index contributed by atoms with van der Waals surface area (Å²) in [5.41, 5.74) is 0. The van der Waals surface area contributed by atoms with E-state index in [0.29, 0.717) is 0 Å². The molecule has 3 heteroatoms. The molecule has 0 saturated heterocycles. The average Bonchev–Trinajstić information content (AvgIpc) is 1.41. The van der Waals surface area contributed by atoms with Crippen molar-refractivity contribution in [2.24, 2.45) is 0 Å². The highest BCUT2D eigenvalue weighted by molar-refractivity contribution is 5.97. The van der Waals surface area contributed by atoms with Gasteiger partial charge in [0.05, 0.1) is 0 Å². The van der Waals surface area contributed by atoms with Crippen molar-refractivity contribution in [1.29, 1.82) is 0 Å². The van der Waals surface area contributed by atoms with Crippen LogP contribution in [0.25, 0.3) is 0 Å². The summed E-state index contributed by atoms with van der Waals surface area (Å²) >= 11 is 0. The number of rotatable bonds is 2. The zero-order valence-electron chi connectivity index (χ0n) is 4.32. The van der Waals surface area contributed by atoms with Gasteiger partial charge in [-0.1, -0.05) is 6.92 Å². The molecule has 40 valence electrons. The predicted octanol–water partition coefficient (Wildman–Crippen LogP) is -1.13. The molecule has 0 aromatic carbocycles. The second-order valence-electron chi connectivity index (χ2n) is 0.993. The molecule has 0 aliphatic heterocycles. The molecule has 0 unspecified atom stereocenters. The van der Waals surface area contributed by atoms with E-state index in [1.807, 2.05) is 0 Å². The Morgan fingerprint density at radius 2 is 2.17 bits per heavy atom. The lowest BCUT2D eigenvalue weighted by Gasteiger charge is -1.85. The lowest BCUT2D eigenvalue weighted by Crippen LogP contribution is -1.83. The third-order valence-electron chi connectivity index (χ3n) is 0.408. The van der Waals surface area contributed by atoms with Gasteiger partial charge in [0.2, 0.25) is 0 Å². The lowest BCUT2D eigenvalue weighted by atomic mass is 10.5. The first-order chi connectivity index (χ1) is 2.41. The van der Waals surface area contributed by atoms with Crippen molar-refractivity contribution < 1.29 is 9.90 Å². The van der Waals surface area contributed by atoms with Gasteiger partial charge in [-0.25, -0.2) is 0 Å². The molecule has 0 aromatic rings. The van der Waals surface area contributed by atoms with E-state index in [1.165, 1.54) is 0 Å². The quantitative estimate of drug-likeness (QED) is 0.413. The van der Waals surface area contributed by atoms with Gasteiger partial charge in [-0.3, -0.25) is 0 Å². The first-order valence-corrected chi connectivity index (χ1v) is 2.72. The summed E-state index contributed by atoms with van der Waals surface area (Å²) in [5, 5.41) is 0. The summed E-state index contributed by atoms with van der Waals surface area (Å²) in [5.74, 6) is 0. The van der Waals surface area contributed by atoms with Gasteiger partial charge in [0, 0.05) is 6.61 Å². The zero-order chi connectivity index (χ0) is 4.12. The fourth-order valence-electron chi connectivity index (χ4n) is 0.204. The molecule has 0 aliphatic carbocycles. The Morgan fingerprint density at radius 1 is 1.67 bits per heavy atom. The summed E-state index contributed by atoms with van der Waals surface area (Å²) in [6.07, 6.45) is 1.16. The van der Waals surface area contributed by atoms with Gasteiger partial charge in [-0.05, 0) is 6.42 Å². The van der Waals surface area contributed by atoms with Crippen LogP contribution < -0.4 is 0 Å². The van der Waals surface area contributed by atoms with Crippen LogP contribution in [-0.2, 0) is 4.43 Å². The van der Waals surface area contributed by atoms with Gasteiger partial charge in [-0.15, -0.1) is 0 Å². The van der Waals surface area contributed by atoms with Gasteiger partial charge in [0.1, 0.15) is 10.5 Å². The molecule has 2 nitrogen and oxygen atoms in total. The Bertz CT molecular complexity index is 16.3. The van der Waals surface area contributed by atoms with E-state index in [9.17, 15) is 0 Å². The van der Waals surface area contributed by atoms with Gasteiger partial charge >= 0.3 is 0 Å². The molecule has 6 heavy (non-hydrogen) atoms. The maximum Gasteiger partial charge on any atom is 0.145 e. The van der Waals surface area contributed by atoms with E-state index in [1.54, 1.807) is 0 Å². The standard InChI is InChI=1S/C3H10OSi.H2O/c1-2-3-4-5;/h2-3H2,1,5H3;1H2. The predicted molar refractivity (Wildman–Crippen MR) is 29.8 cm³/mol. The fraction of sp³-hybridized carbons (Fsp3) is 1.00. The SMILES string of the molecule is CCCO[SiH3].O. The van der Waals surface area contributed by atoms with Crippen LogP contribution in [0.5, 0.6) is 0 Å². The van der Waals surface area contributed by atoms with E-state index in [2.05, 4.69) is 6.92 Å². The van der Waals surface area contributed by atoms with Gasteiger partial charge in [0.25, 0.3) is 0 Å². The van der Waals surface area contributed by atoms with Crippen molar-refractivity contribution in [3.05, 3.63) is 0 Å². The fourth-order valence-corrected chi connectivity index (χ4v) is 0.612. The minimum atomic E-state index is 0. The van der Waals surface area contributed by atoms with Crippen molar-refractivity contribution in [2.45, 2.75) is 13.3 Å². The Kier molecular flexibility index (Phi) is 14.1. The van der Waals surface area contributed by atoms with Crippen LogP contribution in [0.4, 0.5) is 0 Å². The van der Waals surface area contributed by atoms with Crippen LogP contribution in [0.2, 0.25) is 0 Å². The largest absolute Gasteiger partial charge is 0.428 e. The molecule has 0 spiro atoms. The van der Waals surface area contributed by atoms with E-state index >= 15 is 0 Å². The minimum absolute atomic E-state index is 0. The van der Waals surface area contributed by atoms with E-state index < -0.39 is 0 Å². The molecular weight excluding hydrogens is 96.1 g/mol. The Hall–Kier alpha value is 0.137. The second-order valence-corrected chi connectivity index (χ2v) is 1.57. The maximum atomic E-state index is 4.83. The highest BCUT2D eigenvalue weighted by Crippen LogP contribution is 1.69. The van der Waals surface area contributed by atoms with Crippen molar-refractivity contribution in [3.8, 4) is 0 Å². The smallest absolute Gasteiger partial charge is 0.145 e. The Morgan fingerprint density at radius 3 is 2.17 bits per heavy atom. The molecule has 0 radical (unpaired) electrons. The third kappa shape index (κ3) is 8.91. The molecule has 0 fully saturated rings. The average molecular weight is 108 g/mol. The van der Waals surface area contributed by atoms with Crippen LogP contribution in [-0.4, -0.2) is 22.6 Å². The molecule has 2 N–H and O–H groups in total. The van der Waals surface area contributed by atoms with Crippen molar-refractivity contribution in [3.63, 3.8) is 0 Å². The summed E-state index contributed by atoms with van der Waals surface area (Å²) in [6, 6.07) is 0. The van der Waals surface area contributed by atoms with Crippen molar-refractivity contribution in [2.75, 3.05) is 6.61 Å². The van der Waals surface area contributed by atoms with E-state index in [-0.39, 0.29) is 5.48 Å². The third-order valence-corrected chi connectivity index (χ3v) is 0.816. The zero-order valence-corrected chi connectivity index (χ0v) is 6.32. The normalized spacial score (nSPS) is 7.50. The van der Waals surface area contributed by atoms with Gasteiger partial charge in [0.15, 0.2) is 0 Å². The molecule has 0 aliphatic rings. The van der Waals surface area contributed by atoms with E-state index in [0.717, 1.165) is 23.5 Å². The van der Waals surface area contributed by atoms with Crippen LogP contribution in [0, 0.1) is 0 Å². The summed E-state index contributed by atoms with van der Waals surface area (Å²) < 4.78 is 4.83. The first kappa shape index (κ1) is 9.46. The molecule has 0 rings (SSSR count). The first-order valence-electron chi connectivity index (χ1n) is 1.90. The van der Waals surface area contributed by atoms with Crippen LogP contribution >= 0.6 is 0 Å². The second kappa shape index (κ2) is 8.93.